The van der Waals surface area contributed by atoms with Crippen LogP contribution in [0.5, 0.6) is 5.75 Å². The second kappa shape index (κ2) is 9.96. The average molecular weight is 334 g/mol. The smallest absolute Gasteiger partial charge is 0.242 e. The third-order valence-corrected chi connectivity index (χ3v) is 3.53. The summed E-state index contributed by atoms with van der Waals surface area (Å²) in [6.07, 6.45) is 1.91. The molecule has 0 radical (unpaired) electrons. The molecule has 1 aromatic carbocycles. The van der Waals surface area contributed by atoms with E-state index in [9.17, 15) is 9.59 Å². The molecule has 0 aliphatic carbocycles. The summed E-state index contributed by atoms with van der Waals surface area (Å²) in [5.41, 5.74) is 0.708. The van der Waals surface area contributed by atoms with E-state index in [1.165, 1.54) is 11.8 Å². The fraction of sp³-hybridized carbons (Fsp3) is 0.579. The van der Waals surface area contributed by atoms with Gasteiger partial charge < -0.3 is 14.5 Å². The van der Waals surface area contributed by atoms with Gasteiger partial charge in [-0.1, -0.05) is 13.8 Å². The van der Waals surface area contributed by atoms with Crippen LogP contribution in [0.4, 0.5) is 5.69 Å². The maximum absolute atomic E-state index is 12.5. The van der Waals surface area contributed by atoms with E-state index in [2.05, 4.69) is 0 Å². The Morgan fingerprint density at radius 2 is 1.58 bits per heavy atom. The van der Waals surface area contributed by atoms with Crippen molar-refractivity contribution in [3.05, 3.63) is 24.3 Å². The van der Waals surface area contributed by atoms with Gasteiger partial charge in [-0.25, -0.2) is 0 Å². The van der Waals surface area contributed by atoms with E-state index in [1.807, 2.05) is 56.9 Å². The molecule has 0 aliphatic heterocycles. The highest BCUT2D eigenvalue weighted by atomic mass is 16.5. The molecule has 0 unspecified atom stereocenters. The van der Waals surface area contributed by atoms with Crippen molar-refractivity contribution in [1.29, 1.82) is 0 Å². The van der Waals surface area contributed by atoms with Gasteiger partial charge in [-0.2, -0.15) is 0 Å². The van der Waals surface area contributed by atoms with E-state index in [4.69, 9.17) is 4.74 Å². The number of anilines is 1. The Morgan fingerprint density at radius 3 is 2.00 bits per heavy atom. The molecule has 0 atom stereocenters. The first-order chi connectivity index (χ1) is 11.4. The minimum absolute atomic E-state index is 0.0172. The normalized spacial score (nSPS) is 10.6. The highest BCUT2D eigenvalue weighted by Gasteiger charge is 2.19. The first-order valence-electron chi connectivity index (χ1n) is 8.71. The molecule has 0 spiro atoms. The van der Waals surface area contributed by atoms with Crippen LogP contribution in [0, 0.1) is 0 Å². The quantitative estimate of drug-likeness (QED) is 0.695. The summed E-state index contributed by atoms with van der Waals surface area (Å²) in [4.78, 5) is 27.9. The molecule has 0 heterocycles. The molecule has 2 amide bonds. The number of ether oxygens (including phenoxy) is 1. The number of hydrogen-bond donors (Lipinski definition) is 0. The number of carbonyl (C=O) groups is 2. The second-order valence-corrected chi connectivity index (χ2v) is 6.15. The highest BCUT2D eigenvalue weighted by Crippen LogP contribution is 2.20. The summed E-state index contributed by atoms with van der Waals surface area (Å²) in [6, 6.07) is 7.28. The predicted molar refractivity (Wildman–Crippen MR) is 97.4 cm³/mol. The van der Waals surface area contributed by atoms with Gasteiger partial charge in [0.1, 0.15) is 12.3 Å². The van der Waals surface area contributed by atoms with Crippen LogP contribution in [0.3, 0.4) is 0 Å². The molecule has 0 fully saturated rings. The van der Waals surface area contributed by atoms with Gasteiger partial charge in [-0.15, -0.1) is 0 Å². The van der Waals surface area contributed by atoms with Crippen LogP contribution in [-0.2, 0) is 9.59 Å². The molecule has 24 heavy (non-hydrogen) atoms. The summed E-state index contributed by atoms with van der Waals surface area (Å²) in [5.74, 6) is 0.590. The van der Waals surface area contributed by atoms with Gasteiger partial charge in [-0.3, -0.25) is 9.59 Å². The van der Waals surface area contributed by atoms with Crippen LogP contribution in [0.1, 0.15) is 47.5 Å². The van der Waals surface area contributed by atoms with Gasteiger partial charge in [0.15, 0.2) is 0 Å². The molecule has 1 aromatic rings. The topological polar surface area (TPSA) is 49.9 Å². The maximum Gasteiger partial charge on any atom is 0.242 e. The standard InChI is InChI=1S/C19H30N2O3/c1-6-12-20(13-7-2)19(23)14-21(16(5)22)17-8-10-18(11-9-17)24-15(3)4/h8-11,15H,6-7,12-14H2,1-5H3. The second-order valence-electron chi connectivity index (χ2n) is 6.15. The molecular formula is C19H30N2O3. The summed E-state index contributed by atoms with van der Waals surface area (Å²) in [7, 11) is 0. The maximum atomic E-state index is 12.5. The highest BCUT2D eigenvalue weighted by molar-refractivity contribution is 5.97. The lowest BCUT2D eigenvalue weighted by Crippen LogP contribution is -2.43. The Labute approximate surface area is 145 Å². The van der Waals surface area contributed by atoms with Crippen LogP contribution in [0.15, 0.2) is 24.3 Å². The van der Waals surface area contributed by atoms with E-state index in [0.29, 0.717) is 5.69 Å². The summed E-state index contributed by atoms with van der Waals surface area (Å²) >= 11 is 0. The monoisotopic (exact) mass is 334 g/mol. The molecular weight excluding hydrogens is 304 g/mol. The Bertz CT molecular complexity index is 520. The number of nitrogens with zero attached hydrogens (tertiary/aromatic N) is 2. The minimum Gasteiger partial charge on any atom is -0.491 e. The zero-order chi connectivity index (χ0) is 18.1. The van der Waals surface area contributed by atoms with E-state index in [1.54, 1.807) is 0 Å². The van der Waals surface area contributed by atoms with Gasteiger partial charge in [-0.05, 0) is 51.0 Å². The van der Waals surface area contributed by atoms with Crippen molar-refractivity contribution < 1.29 is 14.3 Å². The Morgan fingerprint density at radius 1 is 1.04 bits per heavy atom. The Balaban J connectivity index is 2.86. The van der Waals surface area contributed by atoms with Crippen LogP contribution in [0.2, 0.25) is 0 Å². The Hall–Kier alpha value is -2.04. The van der Waals surface area contributed by atoms with Crippen molar-refractivity contribution in [1.82, 2.24) is 4.90 Å². The van der Waals surface area contributed by atoms with Crippen molar-refractivity contribution in [3.8, 4) is 5.75 Å². The number of benzene rings is 1. The van der Waals surface area contributed by atoms with E-state index in [-0.39, 0.29) is 24.5 Å². The summed E-state index contributed by atoms with van der Waals surface area (Å²) in [5, 5.41) is 0. The number of rotatable bonds is 9. The van der Waals surface area contributed by atoms with Crippen molar-refractivity contribution >= 4 is 17.5 Å². The molecule has 0 saturated carbocycles. The molecule has 1 rings (SSSR count). The van der Waals surface area contributed by atoms with Crippen LogP contribution < -0.4 is 9.64 Å². The van der Waals surface area contributed by atoms with Crippen molar-refractivity contribution in [2.75, 3.05) is 24.5 Å². The van der Waals surface area contributed by atoms with E-state index >= 15 is 0 Å². The molecule has 5 heteroatoms. The fourth-order valence-corrected chi connectivity index (χ4v) is 2.50. The molecule has 0 aromatic heterocycles. The lowest BCUT2D eigenvalue weighted by molar-refractivity contribution is -0.131. The molecule has 5 nitrogen and oxygen atoms in total. The zero-order valence-corrected chi connectivity index (χ0v) is 15.5. The zero-order valence-electron chi connectivity index (χ0n) is 15.5. The third kappa shape index (κ3) is 6.22. The first kappa shape index (κ1) is 20.0. The number of carbonyl (C=O) groups excluding carboxylic acids is 2. The lowest BCUT2D eigenvalue weighted by atomic mass is 10.2. The third-order valence-electron chi connectivity index (χ3n) is 3.53. The minimum atomic E-state index is -0.145. The van der Waals surface area contributed by atoms with E-state index < -0.39 is 0 Å². The van der Waals surface area contributed by atoms with Gasteiger partial charge in [0, 0.05) is 25.7 Å². The van der Waals surface area contributed by atoms with Gasteiger partial charge in [0.05, 0.1) is 6.10 Å². The molecule has 0 aliphatic rings. The average Bonchev–Trinajstić information content (AvgIpc) is 2.52. The number of hydrogen-bond acceptors (Lipinski definition) is 3. The summed E-state index contributed by atoms with van der Waals surface area (Å²) < 4.78 is 5.61. The van der Waals surface area contributed by atoms with Gasteiger partial charge in [0.25, 0.3) is 0 Å². The SMILES string of the molecule is CCCN(CCC)C(=O)CN(C(C)=O)c1ccc(OC(C)C)cc1. The number of amides is 2. The van der Waals surface area contributed by atoms with Gasteiger partial charge >= 0.3 is 0 Å². The van der Waals surface area contributed by atoms with Crippen LogP contribution >= 0.6 is 0 Å². The van der Waals surface area contributed by atoms with Crippen molar-refractivity contribution in [3.63, 3.8) is 0 Å². The fourth-order valence-electron chi connectivity index (χ4n) is 2.50. The van der Waals surface area contributed by atoms with E-state index in [0.717, 1.165) is 31.7 Å². The molecule has 0 saturated heterocycles. The van der Waals surface area contributed by atoms with Gasteiger partial charge in [0.2, 0.25) is 11.8 Å². The Kier molecular flexibility index (Phi) is 8.30. The molecule has 0 N–H and O–H groups in total. The molecule has 134 valence electrons. The lowest BCUT2D eigenvalue weighted by Gasteiger charge is -2.26. The van der Waals surface area contributed by atoms with Crippen LogP contribution in [0.25, 0.3) is 0 Å². The van der Waals surface area contributed by atoms with Crippen molar-refractivity contribution in [2.45, 2.75) is 53.6 Å². The first-order valence-corrected chi connectivity index (χ1v) is 8.71. The van der Waals surface area contributed by atoms with Crippen molar-refractivity contribution in [2.24, 2.45) is 0 Å². The molecule has 0 bridgehead atoms. The largest absolute Gasteiger partial charge is 0.491 e. The summed E-state index contributed by atoms with van der Waals surface area (Å²) in [6.45, 7) is 11.0. The van der Waals surface area contributed by atoms with Crippen LogP contribution in [-0.4, -0.2) is 42.5 Å². The predicted octanol–water partition coefficient (Wildman–Crippen LogP) is 3.48.